The SMILES string of the molecule is O=C(NC12CC(c3cc(-c4ccc(Cl)c(F)c4)on3)(C1)C2)[C@@H]1C[C@@H](O)c2cc(Cl)ccc2O1. The number of aliphatic hydroxyl groups is 1. The zero-order chi connectivity index (χ0) is 23.0. The minimum Gasteiger partial charge on any atom is -0.480 e. The summed E-state index contributed by atoms with van der Waals surface area (Å²) in [6.45, 7) is 0. The predicted octanol–water partition coefficient (Wildman–Crippen LogP) is 4.96. The van der Waals surface area contributed by atoms with Gasteiger partial charge in [-0.3, -0.25) is 4.79 Å². The highest BCUT2D eigenvalue weighted by molar-refractivity contribution is 6.31. The smallest absolute Gasteiger partial charge is 0.261 e. The third kappa shape index (κ3) is 3.33. The van der Waals surface area contributed by atoms with Crippen molar-refractivity contribution in [3.63, 3.8) is 0 Å². The second kappa shape index (κ2) is 7.19. The minimum atomic E-state index is -0.811. The second-order valence-corrected chi connectivity index (χ2v) is 10.2. The summed E-state index contributed by atoms with van der Waals surface area (Å²) in [5.41, 5.74) is 1.53. The largest absolute Gasteiger partial charge is 0.480 e. The van der Waals surface area contributed by atoms with E-state index in [0.29, 0.717) is 27.7 Å². The lowest BCUT2D eigenvalue weighted by Gasteiger charge is -2.69. The summed E-state index contributed by atoms with van der Waals surface area (Å²) < 4.78 is 25.1. The fourth-order valence-electron chi connectivity index (χ4n) is 5.42. The van der Waals surface area contributed by atoms with E-state index >= 15 is 0 Å². The lowest BCUT2D eigenvalue weighted by molar-refractivity contribution is -0.147. The van der Waals surface area contributed by atoms with Crippen LogP contribution in [0.1, 0.15) is 43.0 Å². The molecular formula is C24H19Cl2FN2O4. The van der Waals surface area contributed by atoms with Crippen molar-refractivity contribution in [1.82, 2.24) is 10.5 Å². The summed E-state index contributed by atoms with van der Waals surface area (Å²) in [6.07, 6.45) is 0.826. The van der Waals surface area contributed by atoms with Gasteiger partial charge in [0.1, 0.15) is 11.6 Å². The van der Waals surface area contributed by atoms with E-state index in [9.17, 15) is 14.3 Å². The Bertz CT molecular complexity index is 1270. The first-order chi connectivity index (χ1) is 15.8. The maximum Gasteiger partial charge on any atom is 0.261 e. The molecule has 3 saturated carbocycles. The van der Waals surface area contributed by atoms with Crippen molar-refractivity contribution < 1.29 is 23.6 Å². The zero-order valence-corrected chi connectivity index (χ0v) is 18.8. The molecule has 1 aromatic heterocycles. The summed E-state index contributed by atoms with van der Waals surface area (Å²) in [5, 5.41) is 18.3. The van der Waals surface area contributed by atoms with Crippen LogP contribution in [0.25, 0.3) is 11.3 Å². The van der Waals surface area contributed by atoms with Crippen molar-refractivity contribution in [2.75, 3.05) is 0 Å². The molecule has 6 nitrogen and oxygen atoms in total. The van der Waals surface area contributed by atoms with E-state index < -0.39 is 18.0 Å². The van der Waals surface area contributed by atoms with Crippen LogP contribution in [-0.2, 0) is 10.2 Å². The molecule has 0 saturated heterocycles. The predicted molar refractivity (Wildman–Crippen MR) is 119 cm³/mol. The summed E-state index contributed by atoms with van der Waals surface area (Å²) in [4.78, 5) is 12.9. The number of aromatic nitrogens is 1. The zero-order valence-electron chi connectivity index (χ0n) is 17.3. The Kier molecular flexibility index (Phi) is 4.57. The summed E-state index contributed by atoms with van der Waals surface area (Å²) in [6, 6.07) is 11.3. The molecule has 9 heteroatoms. The first kappa shape index (κ1) is 21.0. The standard InChI is InChI=1S/C24H19Cl2FN2O4/c25-13-2-4-18-14(6-13)17(30)7-20(32-18)22(31)28-24-9-23(10-24,11-24)21-8-19(33-29-21)12-1-3-15(26)16(27)5-12/h1-6,8,17,20,30H,7,9-11H2,(H,28,31)/t17-,20+,23?,24?/m1/s1. The summed E-state index contributed by atoms with van der Waals surface area (Å²) >= 11 is 11.7. The molecule has 3 fully saturated rings. The number of carbonyl (C=O) groups is 1. The van der Waals surface area contributed by atoms with E-state index in [0.717, 1.165) is 25.0 Å². The number of amides is 1. The Hall–Kier alpha value is -2.61. The number of aliphatic hydroxyl groups excluding tert-OH is 1. The molecule has 0 spiro atoms. The van der Waals surface area contributed by atoms with Crippen LogP contribution in [0.15, 0.2) is 47.0 Å². The Morgan fingerprint density at radius 1 is 1.15 bits per heavy atom. The lowest BCUT2D eigenvalue weighted by atomic mass is 9.38. The van der Waals surface area contributed by atoms with Gasteiger partial charge in [-0.05, 0) is 55.7 Å². The van der Waals surface area contributed by atoms with E-state index in [4.69, 9.17) is 32.5 Å². The van der Waals surface area contributed by atoms with Gasteiger partial charge in [-0.25, -0.2) is 4.39 Å². The number of halogens is 3. The van der Waals surface area contributed by atoms with E-state index in [1.807, 2.05) is 6.07 Å². The average Bonchev–Trinajstić information content (AvgIpc) is 3.21. The molecule has 2 atom stereocenters. The van der Waals surface area contributed by atoms with Gasteiger partial charge in [0.15, 0.2) is 11.9 Å². The Balaban J connectivity index is 1.11. The second-order valence-electron chi connectivity index (χ2n) is 9.33. The van der Waals surface area contributed by atoms with Crippen LogP contribution in [0, 0.1) is 5.82 Å². The van der Waals surface area contributed by atoms with Crippen molar-refractivity contribution in [3.05, 3.63) is 69.6 Å². The molecule has 3 aromatic rings. The van der Waals surface area contributed by atoms with Gasteiger partial charge in [0, 0.05) is 39.6 Å². The molecule has 2 bridgehead atoms. The van der Waals surface area contributed by atoms with Crippen LogP contribution in [-0.4, -0.2) is 27.8 Å². The molecule has 1 amide bonds. The fraction of sp³-hybridized carbons (Fsp3) is 0.333. The Labute approximate surface area is 198 Å². The monoisotopic (exact) mass is 488 g/mol. The number of hydrogen-bond acceptors (Lipinski definition) is 5. The number of nitrogens with zero attached hydrogens (tertiary/aromatic N) is 1. The number of ether oxygens (including phenoxy) is 1. The van der Waals surface area contributed by atoms with E-state index in [1.165, 1.54) is 12.1 Å². The maximum absolute atomic E-state index is 13.8. The van der Waals surface area contributed by atoms with Gasteiger partial charge in [0.2, 0.25) is 0 Å². The maximum atomic E-state index is 13.8. The van der Waals surface area contributed by atoms with Crippen LogP contribution in [0.5, 0.6) is 5.75 Å². The molecule has 0 unspecified atom stereocenters. The van der Waals surface area contributed by atoms with Crippen LogP contribution in [0.4, 0.5) is 4.39 Å². The molecule has 2 aromatic carbocycles. The van der Waals surface area contributed by atoms with Gasteiger partial charge >= 0.3 is 0 Å². The van der Waals surface area contributed by atoms with Crippen LogP contribution in [0.2, 0.25) is 10.0 Å². The van der Waals surface area contributed by atoms with Crippen molar-refractivity contribution in [3.8, 4) is 17.1 Å². The topological polar surface area (TPSA) is 84.6 Å². The number of rotatable bonds is 4. The van der Waals surface area contributed by atoms with E-state index in [-0.39, 0.29) is 28.3 Å². The van der Waals surface area contributed by atoms with Gasteiger partial charge in [0.25, 0.3) is 5.91 Å². The Morgan fingerprint density at radius 3 is 2.70 bits per heavy atom. The van der Waals surface area contributed by atoms with Crippen molar-refractivity contribution in [2.45, 2.75) is 48.8 Å². The van der Waals surface area contributed by atoms with Crippen LogP contribution in [0.3, 0.4) is 0 Å². The van der Waals surface area contributed by atoms with E-state index in [1.54, 1.807) is 24.3 Å². The van der Waals surface area contributed by atoms with Gasteiger partial charge < -0.3 is 19.7 Å². The number of benzene rings is 2. The van der Waals surface area contributed by atoms with Crippen LogP contribution < -0.4 is 10.1 Å². The lowest BCUT2D eigenvalue weighted by Crippen LogP contribution is -2.77. The fourth-order valence-corrected chi connectivity index (χ4v) is 5.72. The van der Waals surface area contributed by atoms with Gasteiger partial charge in [0.05, 0.1) is 16.8 Å². The highest BCUT2D eigenvalue weighted by Crippen LogP contribution is 2.67. The van der Waals surface area contributed by atoms with Crippen molar-refractivity contribution >= 4 is 29.1 Å². The third-order valence-electron chi connectivity index (χ3n) is 7.01. The summed E-state index contributed by atoms with van der Waals surface area (Å²) in [7, 11) is 0. The van der Waals surface area contributed by atoms with Crippen molar-refractivity contribution in [2.24, 2.45) is 0 Å². The molecule has 1 aliphatic heterocycles. The Morgan fingerprint density at radius 2 is 1.94 bits per heavy atom. The van der Waals surface area contributed by atoms with Gasteiger partial charge in [-0.15, -0.1) is 0 Å². The molecule has 3 aliphatic carbocycles. The highest BCUT2D eigenvalue weighted by atomic mass is 35.5. The number of hydrogen-bond donors (Lipinski definition) is 2. The molecule has 2 N–H and O–H groups in total. The molecule has 33 heavy (non-hydrogen) atoms. The average molecular weight is 489 g/mol. The third-order valence-corrected chi connectivity index (χ3v) is 7.55. The summed E-state index contributed by atoms with van der Waals surface area (Å²) in [5.74, 6) is 0.202. The van der Waals surface area contributed by atoms with Crippen molar-refractivity contribution in [1.29, 1.82) is 0 Å². The van der Waals surface area contributed by atoms with E-state index in [2.05, 4.69) is 10.5 Å². The number of nitrogens with one attached hydrogen (secondary N) is 1. The first-order valence-corrected chi connectivity index (χ1v) is 11.4. The molecule has 2 heterocycles. The molecule has 170 valence electrons. The van der Waals surface area contributed by atoms with Gasteiger partial charge in [-0.2, -0.15) is 0 Å². The quantitative estimate of drug-likeness (QED) is 0.541. The molecule has 7 rings (SSSR count). The van der Waals surface area contributed by atoms with Crippen LogP contribution >= 0.6 is 23.2 Å². The minimum absolute atomic E-state index is 0.0531. The molecular weight excluding hydrogens is 470 g/mol. The number of carbonyl (C=O) groups excluding carboxylic acids is 1. The van der Waals surface area contributed by atoms with Gasteiger partial charge in [-0.1, -0.05) is 28.4 Å². The molecule has 0 radical (unpaired) electrons. The first-order valence-electron chi connectivity index (χ1n) is 10.6. The highest BCUT2D eigenvalue weighted by Gasteiger charge is 2.70. The molecule has 4 aliphatic rings. The normalized spacial score (nSPS) is 29.3. The number of fused-ring (bicyclic) bond motifs is 1.